The van der Waals surface area contributed by atoms with Gasteiger partial charge in [0.1, 0.15) is 0 Å². The Balaban J connectivity index is 2.56. The lowest BCUT2D eigenvalue weighted by molar-refractivity contribution is 0.249. The van der Waals surface area contributed by atoms with Crippen LogP contribution in [0.15, 0.2) is 5.10 Å². The average molecular weight is 197 g/mol. The van der Waals surface area contributed by atoms with E-state index in [1.807, 2.05) is 6.92 Å². The molecule has 0 saturated heterocycles. The molecule has 0 radical (unpaired) electrons. The molecule has 1 rings (SSSR count). The van der Waals surface area contributed by atoms with Crippen molar-refractivity contribution in [1.82, 2.24) is 5.43 Å². The molecule has 1 fully saturated rings. The van der Waals surface area contributed by atoms with Crippen LogP contribution in [0.1, 0.15) is 33.6 Å². The molecule has 3 unspecified atom stereocenters. The number of carbonyl (C=O) groups excluding carboxylic acids is 1. The van der Waals surface area contributed by atoms with Gasteiger partial charge in [-0.2, -0.15) is 5.10 Å². The summed E-state index contributed by atoms with van der Waals surface area (Å²) in [5.74, 6) is 1.89. The Morgan fingerprint density at radius 2 is 2.07 bits per heavy atom. The van der Waals surface area contributed by atoms with E-state index in [0.29, 0.717) is 11.8 Å². The van der Waals surface area contributed by atoms with Crippen LogP contribution in [0.3, 0.4) is 0 Å². The first-order chi connectivity index (χ1) is 6.52. The summed E-state index contributed by atoms with van der Waals surface area (Å²) >= 11 is 0. The topological polar surface area (TPSA) is 67.5 Å². The minimum Gasteiger partial charge on any atom is -0.350 e. The Bertz CT molecular complexity index is 250. The van der Waals surface area contributed by atoms with Gasteiger partial charge in [-0.25, -0.2) is 10.2 Å². The van der Waals surface area contributed by atoms with Gasteiger partial charge in [-0.05, 0) is 31.6 Å². The van der Waals surface area contributed by atoms with Crippen LogP contribution in [0.2, 0.25) is 0 Å². The van der Waals surface area contributed by atoms with Crippen LogP contribution in [-0.2, 0) is 0 Å². The first kappa shape index (κ1) is 11.0. The van der Waals surface area contributed by atoms with Crippen molar-refractivity contribution in [2.75, 3.05) is 0 Å². The number of hydrogen-bond acceptors (Lipinski definition) is 2. The minimum absolute atomic E-state index is 0.497. The standard InChI is InChI=1S/C10H19N3O/c1-6-4-5-9(7(6)2)8(3)12-13-10(11)14/h6-7,9H,4-5H2,1-3H3,(H3,11,13,14)/b12-8+. The molecule has 14 heavy (non-hydrogen) atoms. The molecule has 1 saturated carbocycles. The van der Waals surface area contributed by atoms with E-state index >= 15 is 0 Å². The molecule has 0 aromatic carbocycles. The zero-order valence-corrected chi connectivity index (χ0v) is 9.08. The van der Waals surface area contributed by atoms with Crippen LogP contribution in [0.25, 0.3) is 0 Å². The predicted molar refractivity (Wildman–Crippen MR) is 56.9 cm³/mol. The van der Waals surface area contributed by atoms with E-state index in [2.05, 4.69) is 24.4 Å². The molecule has 4 nitrogen and oxygen atoms in total. The molecule has 4 heteroatoms. The van der Waals surface area contributed by atoms with Crippen molar-refractivity contribution >= 4 is 11.7 Å². The molecule has 1 aliphatic rings. The lowest BCUT2D eigenvalue weighted by Gasteiger charge is -2.17. The largest absolute Gasteiger partial charge is 0.350 e. The summed E-state index contributed by atoms with van der Waals surface area (Å²) in [6.45, 7) is 6.46. The number of primary amides is 1. The third kappa shape index (κ3) is 2.47. The number of amides is 2. The number of rotatable bonds is 2. The molecule has 80 valence electrons. The van der Waals surface area contributed by atoms with Crippen molar-refractivity contribution in [2.24, 2.45) is 28.6 Å². The maximum Gasteiger partial charge on any atom is 0.332 e. The Labute approximate surface area is 84.9 Å². The molecule has 0 aromatic rings. The van der Waals surface area contributed by atoms with Crippen molar-refractivity contribution in [3.63, 3.8) is 0 Å². The zero-order chi connectivity index (χ0) is 10.7. The Morgan fingerprint density at radius 1 is 1.43 bits per heavy atom. The zero-order valence-electron chi connectivity index (χ0n) is 9.08. The Kier molecular flexibility index (Phi) is 3.49. The van der Waals surface area contributed by atoms with Crippen molar-refractivity contribution in [3.8, 4) is 0 Å². The lowest BCUT2D eigenvalue weighted by Crippen LogP contribution is -2.27. The highest BCUT2D eigenvalue weighted by Gasteiger charge is 2.31. The Hall–Kier alpha value is -1.06. The SMILES string of the molecule is C/C(=N\NC(N)=O)C1CCC(C)C1C. The van der Waals surface area contributed by atoms with E-state index in [9.17, 15) is 4.79 Å². The normalized spacial score (nSPS) is 33.1. The molecule has 0 heterocycles. The number of hydrazone groups is 1. The fourth-order valence-corrected chi connectivity index (χ4v) is 2.18. The Morgan fingerprint density at radius 3 is 2.50 bits per heavy atom. The fraction of sp³-hybridized carbons (Fsp3) is 0.800. The molecule has 1 aliphatic carbocycles. The lowest BCUT2D eigenvalue weighted by atomic mass is 9.90. The molecule has 0 bridgehead atoms. The van der Waals surface area contributed by atoms with Crippen molar-refractivity contribution in [2.45, 2.75) is 33.6 Å². The van der Waals surface area contributed by atoms with Crippen LogP contribution in [-0.4, -0.2) is 11.7 Å². The van der Waals surface area contributed by atoms with E-state index < -0.39 is 6.03 Å². The van der Waals surface area contributed by atoms with Crippen LogP contribution in [0.4, 0.5) is 4.79 Å². The smallest absolute Gasteiger partial charge is 0.332 e. The summed E-state index contributed by atoms with van der Waals surface area (Å²) in [4.78, 5) is 10.5. The number of carbonyl (C=O) groups is 1. The van der Waals surface area contributed by atoms with Crippen LogP contribution >= 0.6 is 0 Å². The number of nitrogens with zero attached hydrogens (tertiary/aromatic N) is 1. The molecule has 0 aliphatic heterocycles. The first-order valence-electron chi connectivity index (χ1n) is 5.12. The first-order valence-corrected chi connectivity index (χ1v) is 5.12. The number of hydrogen-bond donors (Lipinski definition) is 2. The van der Waals surface area contributed by atoms with Crippen molar-refractivity contribution in [1.29, 1.82) is 0 Å². The number of nitrogens with one attached hydrogen (secondary N) is 1. The third-order valence-electron chi connectivity index (χ3n) is 3.34. The van der Waals surface area contributed by atoms with Gasteiger partial charge < -0.3 is 5.73 Å². The van der Waals surface area contributed by atoms with Gasteiger partial charge >= 0.3 is 6.03 Å². The summed E-state index contributed by atoms with van der Waals surface area (Å²) in [6.07, 6.45) is 2.41. The molecule has 2 amide bonds. The van der Waals surface area contributed by atoms with Gasteiger partial charge in [0.15, 0.2) is 0 Å². The van der Waals surface area contributed by atoms with E-state index in [-0.39, 0.29) is 0 Å². The predicted octanol–water partition coefficient (Wildman–Crippen LogP) is 1.71. The number of urea groups is 1. The highest BCUT2D eigenvalue weighted by molar-refractivity contribution is 5.86. The summed E-state index contributed by atoms with van der Waals surface area (Å²) in [7, 11) is 0. The summed E-state index contributed by atoms with van der Waals surface area (Å²) < 4.78 is 0. The summed E-state index contributed by atoms with van der Waals surface area (Å²) in [5, 5.41) is 3.98. The van der Waals surface area contributed by atoms with Gasteiger partial charge in [0.25, 0.3) is 0 Å². The maximum absolute atomic E-state index is 10.5. The van der Waals surface area contributed by atoms with Gasteiger partial charge in [0.2, 0.25) is 0 Å². The van der Waals surface area contributed by atoms with Gasteiger partial charge in [-0.1, -0.05) is 13.8 Å². The quantitative estimate of drug-likeness (QED) is 0.513. The molecular formula is C10H19N3O. The monoisotopic (exact) mass is 197 g/mol. The molecular weight excluding hydrogens is 178 g/mol. The van der Waals surface area contributed by atoms with E-state index in [1.54, 1.807) is 0 Å². The fourth-order valence-electron chi connectivity index (χ4n) is 2.18. The van der Waals surface area contributed by atoms with Crippen LogP contribution < -0.4 is 11.2 Å². The average Bonchev–Trinajstić information content (AvgIpc) is 2.44. The second kappa shape index (κ2) is 4.44. The van der Waals surface area contributed by atoms with Crippen LogP contribution in [0.5, 0.6) is 0 Å². The highest BCUT2D eigenvalue weighted by atomic mass is 16.2. The van der Waals surface area contributed by atoms with E-state index in [4.69, 9.17) is 5.73 Å². The van der Waals surface area contributed by atoms with Crippen LogP contribution in [0, 0.1) is 17.8 Å². The second-order valence-corrected chi connectivity index (χ2v) is 4.25. The summed E-state index contributed by atoms with van der Waals surface area (Å²) in [6, 6.07) is -0.594. The third-order valence-corrected chi connectivity index (χ3v) is 3.34. The van der Waals surface area contributed by atoms with Crippen molar-refractivity contribution < 1.29 is 4.79 Å². The molecule has 3 atom stereocenters. The van der Waals surface area contributed by atoms with Gasteiger partial charge in [0.05, 0.1) is 0 Å². The second-order valence-electron chi connectivity index (χ2n) is 4.25. The van der Waals surface area contributed by atoms with Gasteiger partial charge in [-0.3, -0.25) is 0 Å². The van der Waals surface area contributed by atoms with Gasteiger partial charge in [0, 0.05) is 11.6 Å². The number of nitrogens with two attached hydrogens (primary N) is 1. The maximum atomic E-state index is 10.5. The van der Waals surface area contributed by atoms with Crippen molar-refractivity contribution in [3.05, 3.63) is 0 Å². The van der Waals surface area contributed by atoms with E-state index in [0.717, 1.165) is 18.1 Å². The van der Waals surface area contributed by atoms with Gasteiger partial charge in [-0.15, -0.1) is 0 Å². The highest BCUT2D eigenvalue weighted by Crippen LogP contribution is 2.36. The molecule has 0 spiro atoms. The molecule has 0 aromatic heterocycles. The summed E-state index contributed by atoms with van der Waals surface area (Å²) in [5.41, 5.74) is 8.22. The van der Waals surface area contributed by atoms with E-state index in [1.165, 1.54) is 6.42 Å². The minimum atomic E-state index is -0.594. The molecule has 3 N–H and O–H groups in total.